The van der Waals surface area contributed by atoms with Crippen LogP contribution in [0.15, 0.2) is 10.7 Å². The molecule has 0 radical (unpaired) electrons. The maximum absolute atomic E-state index is 4.55. The van der Waals surface area contributed by atoms with Gasteiger partial charge in [0.05, 0.1) is 0 Å². The summed E-state index contributed by atoms with van der Waals surface area (Å²) in [6.07, 6.45) is 3.72. The Morgan fingerprint density at radius 1 is 1.44 bits per heavy atom. The minimum atomic E-state index is 0.589. The minimum Gasteiger partial charge on any atom is -0.351 e. The second kappa shape index (κ2) is 4.70. The molecule has 0 spiro atoms. The second-order valence-corrected chi connectivity index (χ2v) is 5.30. The summed E-state index contributed by atoms with van der Waals surface area (Å²) in [7, 11) is 0. The fraction of sp³-hybridized carbons (Fsp3) is 0.667. The third kappa shape index (κ3) is 2.21. The van der Waals surface area contributed by atoms with Crippen LogP contribution in [0.5, 0.6) is 0 Å². The van der Waals surface area contributed by atoms with E-state index in [1.807, 2.05) is 13.0 Å². The maximum Gasteiger partial charge on any atom is 0.133 e. The topological polar surface area (TPSA) is 29.0 Å². The number of anilines is 1. The second-order valence-electron chi connectivity index (χ2n) is 4.49. The van der Waals surface area contributed by atoms with Crippen LogP contribution in [0.3, 0.4) is 0 Å². The average Bonchev–Trinajstić information content (AvgIpc) is 2.58. The van der Waals surface area contributed by atoms with Crippen LogP contribution in [0.4, 0.5) is 5.82 Å². The average molecular weight is 284 g/mol. The zero-order valence-corrected chi connectivity index (χ0v) is 11.7. The Hall–Kier alpha value is -0.640. The van der Waals surface area contributed by atoms with Crippen LogP contribution in [-0.2, 0) is 0 Å². The molecule has 2 rings (SSSR count). The summed E-state index contributed by atoms with van der Waals surface area (Å²) < 4.78 is 0.879. The normalized spacial score (nSPS) is 25.1. The summed E-state index contributed by atoms with van der Waals surface area (Å²) in [6.45, 7) is 6.47. The van der Waals surface area contributed by atoms with E-state index in [9.17, 15) is 0 Å². The molecule has 3 nitrogen and oxygen atoms in total. The van der Waals surface area contributed by atoms with E-state index in [-0.39, 0.29) is 0 Å². The number of nitrogens with zero attached hydrogens (tertiary/aromatic N) is 3. The molecular formula is C12H18BrN3. The van der Waals surface area contributed by atoms with Crippen LogP contribution in [-0.4, -0.2) is 22.1 Å². The van der Waals surface area contributed by atoms with Gasteiger partial charge in [0.1, 0.15) is 16.2 Å². The lowest BCUT2D eigenvalue weighted by Gasteiger charge is -2.29. The van der Waals surface area contributed by atoms with E-state index in [4.69, 9.17) is 0 Å². The molecule has 0 saturated carbocycles. The van der Waals surface area contributed by atoms with Crippen molar-refractivity contribution in [3.8, 4) is 0 Å². The van der Waals surface area contributed by atoms with Gasteiger partial charge in [0.2, 0.25) is 0 Å². The molecule has 1 aliphatic heterocycles. The first kappa shape index (κ1) is 11.8. The largest absolute Gasteiger partial charge is 0.351 e. The third-order valence-corrected chi connectivity index (χ3v) is 3.72. The number of aromatic nitrogens is 2. The number of aryl methyl sites for hydroxylation is 1. The first-order valence-electron chi connectivity index (χ1n) is 5.91. The Morgan fingerprint density at radius 2 is 2.19 bits per heavy atom. The van der Waals surface area contributed by atoms with Crippen molar-refractivity contribution >= 4 is 21.7 Å². The molecule has 1 fully saturated rings. The molecule has 1 aliphatic rings. The fourth-order valence-corrected chi connectivity index (χ4v) is 3.00. The number of halogens is 1. The standard InChI is InChI=1S/C12H18BrN3/c1-4-10-6-5-8(2)16(10)12-7-11(13)14-9(3)15-12/h7-8,10H,4-6H2,1-3H3. The summed E-state index contributed by atoms with van der Waals surface area (Å²) in [5, 5.41) is 0. The Kier molecular flexibility index (Phi) is 3.47. The predicted molar refractivity (Wildman–Crippen MR) is 69.7 cm³/mol. The highest BCUT2D eigenvalue weighted by Gasteiger charge is 2.30. The lowest BCUT2D eigenvalue weighted by Crippen LogP contribution is -2.35. The quantitative estimate of drug-likeness (QED) is 0.780. The molecule has 0 bridgehead atoms. The Bertz CT molecular complexity index is 360. The van der Waals surface area contributed by atoms with Crippen molar-refractivity contribution in [2.75, 3.05) is 4.90 Å². The van der Waals surface area contributed by atoms with Crippen molar-refractivity contribution < 1.29 is 0 Å². The molecule has 0 aliphatic carbocycles. The lowest BCUT2D eigenvalue weighted by atomic mass is 10.1. The Labute approximate surface area is 105 Å². The van der Waals surface area contributed by atoms with Crippen LogP contribution in [0.2, 0.25) is 0 Å². The van der Waals surface area contributed by atoms with Crippen LogP contribution in [0.25, 0.3) is 0 Å². The van der Waals surface area contributed by atoms with Gasteiger partial charge in [-0.25, -0.2) is 9.97 Å². The first-order chi connectivity index (χ1) is 7.61. The van der Waals surface area contributed by atoms with E-state index in [0.717, 1.165) is 16.2 Å². The predicted octanol–water partition coefficient (Wildman–Crippen LogP) is 3.31. The van der Waals surface area contributed by atoms with Gasteiger partial charge in [-0.2, -0.15) is 0 Å². The molecule has 4 heteroatoms. The fourth-order valence-electron chi connectivity index (χ4n) is 2.53. The van der Waals surface area contributed by atoms with Crippen molar-refractivity contribution in [2.45, 2.75) is 52.1 Å². The van der Waals surface area contributed by atoms with E-state index in [2.05, 4.69) is 44.6 Å². The number of hydrogen-bond donors (Lipinski definition) is 0. The Morgan fingerprint density at radius 3 is 2.81 bits per heavy atom. The molecule has 0 aromatic carbocycles. The number of rotatable bonds is 2. The molecule has 2 heterocycles. The maximum atomic E-state index is 4.55. The van der Waals surface area contributed by atoms with Crippen molar-refractivity contribution in [1.82, 2.24) is 9.97 Å². The van der Waals surface area contributed by atoms with Crippen molar-refractivity contribution in [2.24, 2.45) is 0 Å². The van der Waals surface area contributed by atoms with Gasteiger partial charge < -0.3 is 4.90 Å². The van der Waals surface area contributed by atoms with E-state index in [1.165, 1.54) is 19.3 Å². The number of hydrogen-bond acceptors (Lipinski definition) is 3. The summed E-state index contributed by atoms with van der Waals surface area (Å²) in [5.74, 6) is 1.90. The molecule has 2 unspecified atom stereocenters. The van der Waals surface area contributed by atoms with Gasteiger partial charge in [-0.05, 0) is 49.0 Å². The molecule has 16 heavy (non-hydrogen) atoms. The van der Waals surface area contributed by atoms with Crippen molar-refractivity contribution in [1.29, 1.82) is 0 Å². The molecule has 0 N–H and O–H groups in total. The van der Waals surface area contributed by atoms with Gasteiger partial charge in [-0.15, -0.1) is 0 Å². The van der Waals surface area contributed by atoms with Crippen molar-refractivity contribution in [3.05, 3.63) is 16.5 Å². The minimum absolute atomic E-state index is 0.589. The highest BCUT2D eigenvalue weighted by Crippen LogP contribution is 2.31. The Balaban J connectivity index is 2.34. The van der Waals surface area contributed by atoms with E-state index in [0.29, 0.717) is 12.1 Å². The zero-order valence-electron chi connectivity index (χ0n) is 10.1. The van der Waals surface area contributed by atoms with Gasteiger partial charge in [0.15, 0.2) is 0 Å². The zero-order chi connectivity index (χ0) is 11.7. The highest BCUT2D eigenvalue weighted by molar-refractivity contribution is 9.10. The van der Waals surface area contributed by atoms with Crippen LogP contribution >= 0.6 is 15.9 Å². The summed E-state index contributed by atoms with van der Waals surface area (Å²) in [6, 6.07) is 3.25. The SMILES string of the molecule is CCC1CCC(C)N1c1cc(Br)nc(C)n1. The summed E-state index contributed by atoms with van der Waals surface area (Å²) in [5.41, 5.74) is 0. The van der Waals surface area contributed by atoms with Crippen molar-refractivity contribution in [3.63, 3.8) is 0 Å². The molecular weight excluding hydrogens is 266 g/mol. The van der Waals surface area contributed by atoms with Gasteiger partial charge >= 0.3 is 0 Å². The van der Waals surface area contributed by atoms with E-state index in [1.54, 1.807) is 0 Å². The molecule has 1 saturated heterocycles. The molecule has 88 valence electrons. The van der Waals surface area contributed by atoms with E-state index < -0.39 is 0 Å². The summed E-state index contributed by atoms with van der Waals surface area (Å²) in [4.78, 5) is 11.3. The first-order valence-corrected chi connectivity index (χ1v) is 6.70. The molecule has 2 atom stereocenters. The van der Waals surface area contributed by atoms with Gasteiger partial charge in [0.25, 0.3) is 0 Å². The lowest BCUT2D eigenvalue weighted by molar-refractivity contribution is 0.619. The van der Waals surface area contributed by atoms with Gasteiger partial charge in [-0.3, -0.25) is 0 Å². The molecule has 1 aromatic rings. The van der Waals surface area contributed by atoms with Gasteiger partial charge in [0, 0.05) is 18.2 Å². The molecule has 1 aromatic heterocycles. The summed E-state index contributed by atoms with van der Waals surface area (Å²) >= 11 is 3.44. The highest BCUT2D eigenvalue weighted by atomic mass is 79.9. The van der Waals surface area contributed by atoms with E-state index >= 15 is 0 Å². The smallest absolute Gasteiger partial charge is 0.133 e. The monoisotopic (exact) mass is 283 g/mol. The molecule has 0 amide bonds. The van der Waals surface area contributed by atoms with Crippen LogP contribution in [0, 0.1) is 6.92 Å². The van der Waals surface area contributed by atoms with Crippen LogP contribution < -0.4 is 4.90 Å². The van der Waals surface area contributed by atoms with Gasteiger partial charge in [-0.1, -0.05) is 6.92 Å². The third-order valence-electron chi connectivity index (χ3n) is 3.31. The van der Waals surface area contributed by atoms with Crippen LogP contribution in [0.1, 0.15) is 38.9 Å².